The first kappa shape index (κ1) is 30.0. The number of sulfone groups is 1. The standard InChI is InChI=1S/C30H36N8O5S/c1-5-7-20-12-23(17(3)43-20)38-28-22(15-33-26(37-28)24-25(18-8-9-18)34-16-35-29(24)42-4)36-27(30(38)39)32-13-19-10-11-21(14-31-19)44(40,41)6-2/h10-11,14-18,20,23H,5-9,12-13H2,1-4H3,(H,32,36)/t17-,20+,23-/m1/s1. The van der Waals surface area contributed by atoms with Gasteiger partial charge in [0.2, 0.25) is 5.88 Å². The Kier molecular flexibility index (Phi) is 8.29. The molecule has 0 spiro atoms. The number of nitrogens with zero attached hydrogens (tertiary/aromatic N) is 7. The maximum atomic E-state index is 14.2. The quantitative estimate of drug-likeness (QED) is 0.258. The average molecular weight is 621 g/mol. The molecule has 2 fully saturated rings. The molecular weight excluding hydrogens is 584 g/mol. The molecular formula is C30H36N8O5S. The van der Waals surface area contributed by atoms with Crippen LogP contribution in [0.4, 0.5) is 5.82 Å². The van der Waals surface area contributed by atoms with E-state index in [1.54, 1.807) is 30.9 Å². The van der Waals surface area contributed by atoms with Crippen LogP contribution in [0.1, 0.15) is 76.2 Å². The van der Waals surface area contributed by atoms with Crippen LogP contribution in [0.5, 0.6) is 5.88 Å². The van der Waals surface area contributed by atoms with Crippen LogP contribution in [0.25, 0.3) is 22.6 Å². The summed E-state index contributed by atoms with van der Waals surface area (Å²) in [6, 6.07) is 2.87. The van der Waals surface area contributed by atoms with E-state index in [1.807, 2.05) is 6.92 Å². The summed E-state index contributed by atoms with van der Waals surface area (Å²) in [5.41, 5.74) is 2.50. The molecule has 0 radical (unpaired) electrons. The van der Waals surface area contributed by atoms with Gasteiger partial charge in [-0.05, 0) is 44.7 Å². The van der Waals surface area contributed by atoms with Crippen molar-refractivity contribution in [1.82, 2.24) is 34.5 Å². The number of methoxy groups -OCH3 is 1. The van der Waals surface area contributed by atoms with Crippen molar-refractivity contribution >= 4 is 26.8 Å². The predicted molar refractivity (Wildman–Crippen MR) is 163 cm³/mol. The van der Waals surface area contributed by atoms with E-state index in [0.717, 1.165) is 31.4 Å². The molecule has 0 bridgehead atoms. The van der Waals surface area contributed by atoms with Gasteiger partial charge in [-0.1, -0.05) is 20.3 Å². The second kappa shape index (κ2) is 12.2. The van der Waals surface area contributed by atoms with Crippen LogP contribution in [0, 0.1) is 0 Å². The summed E-state index contributed by atoms with van der Waals surface area (Å²) in [5.74, 6) is 1.15. The number of hydrogen-bond donors (Lipinski definition) is 1. The van der Waals surface area contributed by atoms with Gasteiger partial charge in [-0.25, -0.2) is 33.3 Å². The second-order valence-corrected chi connectivity index (χ2v) is 13.5. The number of rotatable bonds is 11. The first-order valence-electron chi connectivity index (χ1n) is 15.0. The largest absolute Gasteiger partial charge is 0.480 e. The van der Waals surface area contributed by atoms with E-state index in [-0.39, 0.29) is 52.7 Å². The van der Waals surface area contributed by atoms with E-state index in [2.05, 4.69) is 37.2 Å². The molecule has 0 unspecified atom stereocenters. The molecule has 1 saturated heterocycles. The Bertz CT molecular complexity index is 1840. The van der Waals surface area contributed by atoms with E-state index in [4.69, 9.17) is 14.5 Å². The summed E-state index contributed by atoms with van der Waals surface area (Å²) >= 11 is 0. The molecule has 0 aromatic carbocycles. The zero-order valence-corrected chi connectivity index (χ0v) is 26.0. The molecule has 5 heterocycles. The van der Waals surface area contributed by atoms with Gasteiger partial charge in [0.05, 0.1) is 60.1 Å². The van der Waals surface area contributed by atoms with Gasteiger partial charge in [0.25, 0.3) is 5.56 Å². The van der Waals surface area contributed by atoms with Crippen LogP contribution < -0.4 is 15.6 Å². The van der Waals surface area contributed by atoms with Gasteiger partial charge in [0, 0.05) is 12.1 Å². The Balaban J connectivity index is 1.43. The van der Waals surface area contributed by atoms with Crippen molar-refractivity contribution in [2.75, 3.05) is 18.2 Å². The van der Waals surface area contributed by atoms with Crippen LogP contribution in [0.15, 0.2) is 40.5 Å². The van der Waals surface area contributed by atoms with Gasteiger partial charge in [0.1, 0.15) is 17.4 Å². The lowest BCUT2D eigenvalue weighted by Crippen LogP contribution is -2.32. The minimum atomic E-state index is -3.36. The molecule has 2 aliphatic rings. The fourth-order valence-electron chi connectivity index (χ4n) is 5.73. The smallest absolute Gasteiger partial charge is 0.295 e. The lowest BCUT2D eigenvalue weighted by Gasteiger charge is -2.20. The Hall–Kier alpha value is -4.04. The van der Waals surface area contributed by atoms with Gasteiger partial charge in [-0.3, -0.25) is 14.3 Å². The minimum Gasteiger partial charge on any atom is -0.480 e. The highest BCUT2D eigenvalue weighted by Crippen LogP contribution is 2.45. The van der Waals surface area contributed by atoms with Crippen molar-refractivity contribution in [1.29, 1.82) is 0 Å². The highest BCUT2D eigenvalue weighted by atomic mass is 32.2. The van der Waals surface area contributed by atoms with E-state index >= 15 is 0 Å². The first-order chi connectivity index (χ1) is 21.2. The number of aromatic nitrogens is 7. The lowest BCUT2D eigenvalue weighted by atomic mass is 10.1. The third-order valence-corrected chi connectivity index (χ3v) is 9.94. The molecule has 13 nitrogen and oxygen atoms in total. The van der Waals surface area contributed by atoms with Crippen LogP contribution in [-0.2, 0) is 21.1 Å². The molecule has 1 aliphatic heterocycles. The molecule has 6 rings (SSSR count). The van der Waals surface area contributed by atoms with Crippen LogP contribution in [0.3, 0.4) is 0 Å². The van der Waals surface area contributed by atoms with Gasteiger partial charge in [-0.2, -0.15) is 0 Å². The Morgan fingerprint density at radius 1 is 1.09 bits per heavy atom. The van der Waals surface area contributed by atoms with Crippen LogP contribution in [0.2, 0.25) is 0 Å². The summed E-state index contributed by atoms with van der Waals surface area (Å²) < 4.78 is 37.9. The van der Waals surface area contributed by atoms with Crippen molar-refractivity contribution in [3.8, 4) is 17.3 Å². The second-order valence-electron chi connectivity index (χ2n) is 11.3. The van der Waals surface area contributed by atoms with Gasteiger partial charge in [0.15, 0.2) is 27.1 Å². The summed E-state index contributed by atoms with van der Waals surface area (Å²) in [6.45, 7) is 5.84. The molecule has 4 aromatic heterocycles. The summed E-state index contributed by atoms with van der Waals surface area (Å²) in [4.78, 5) is 41.6. The average Bonchev–Trinajstić information content (AvgIpc) is 3.82. The van der Waals surface area contributed by atoms with Crippen molar-refractivity contribution in [3.05, 3.63) is 52.6 Å². The third-order valence-electron chi connectivity index (χ3n) is 8.22. The minimum absolute atomic E-state index is 0.00893. The van der Waals surface area contributed by atoms with Gasteiger partial charge in [-0.15, -0.1) is 0 Å². The molecule has 4 aromatic rings. The normalized spacial score (nSPS) is 20.2. The SMILES string of the molecule is CCC[C@H]1C[C@@H](n2c(=O)c(NCc3ccc(S(=O)(=O)CC)cn3)nc3cnc(-c4c(OC)ncnc4C4CC4)nc32)[C@@H](C)O1. The molecule has 3 atom stereocenters. The summed E-state index contributed by atoms with van der Waals surface area (Å²) in [5, 5.41) is 3.11. The summed E-state index contributed by atoms with van der Waals surface area (Å²) in [7, 11) is -1.81. The Morgan fingerprint density at radius 3 is 2.59 bits per heavy atom. The Labute approximate surface area is 255 Å². The number of nitrogens with one attached hydrogen (secondary N) is 1. The monoisotopic (exact) mass is 620 g/mol. The molecule has 232 valence electrons. The molecule has 14 heteroatoms. The van der Waals surface area contributed by atoms with E-state index in [0.29, 0.717) is 40.5 Å². The third kappa shape index (κ3) is 5.75. The molecule has 44 heavy (non-hydrogen) atoms. The lowest BCUT2D eigenvalue weighted by molar-refractivity contribution is 0.0425. The number of anilines is 1. The number of ether oxygens (including phenoxy) is 2. The zero-order chi connectivity index (χ0) is 31.0. The topological polar surface area (TPSA) is 164 Å². The highest BCUT2D eigenvalue weighted by Gasteiger charge is 2.36. The maximum absolute atomic E-state index is 14.2. The Morgan fingerprint density at radius 2 is 1.91 bits per heavy atom. The van der Waals surface area contributed by atoms with Gasteiger partial charge < -0.3 is 14.8 Å². The number of hydrogen-bond acceptors (Lipinski definition) is 12. The van der Waals surface area contributed by atoms with Crippen LogP contribution in [-0.4, -0.2) is 68.0 Å². The van der Waals surface area contributed by atoms with Crippen molar-refractivity contribution < 1.29 is 17.9 Å². The maximum Gasteiger partial charge on any atom is 0.295 e. The van der Waals surface area contributed by atoms with Crippen molar-refractivity contribution in [3.63, 3.8) is 0 Å². The fraction of sp³-hybridized carbons (Fsp3) is 0.500. The van der Waals surface area contributed by atoms with Crippen LogP contribution >= 0.6 is 0 Å². The highest BCUT2D eigenvalue weighted by molar-refractivity contribution is 7.91. The van der Waals surface area contributed by atoms with Crippen molar-refractivity contribution in [2.24, 2.45) is 0 Å². The van der Waals surface area contributed by atoms with E-state index < -0.39 is 9.84 Å². The molecule has 0 amide bonds. The number of pyridine rings is 1. The molecule has 1 saturated carbocycles. The molecule has 1 N–H and O–H groups in total. The van der Waals surface area contributed by atoms with Gasteiger partial charge >= 0.3 is 0 Å². The van der Waals surface area contributed by atoms with Crippen molar-refractivity contribution in [2.45, 2.75) is 88.5 Å². The number of fused-ring (bicyclic) bond motifs is 1. The first-order valence-corrected chi connectivity index (χ1v) is 16.6. The zero-order valence-electron chi connectivity index (χ0n) is 25.2. The van der Waals surface area contributed by atoms with E-state index in [1.165, 1.54) is 18.6 Å². The fourth-order valence-corrected chi connectivity index (χ4v) is 6.55. The predicted octanol–water partition coefficient (Wildman–Crippen LogP) is 3.85. The molecule has 1 aliphatic carbocycles. The summed E-state index contributed by atoms with van der Waals surface area (Å²) in [6.07, 6.45) is 8.78. The van der Waals surface area contributed by atoms with E-state index in [9.17, 15) is 13.2 Å².